The average molecular weight is 563 g/mol. The van der Waals surface area contributed by atoms with Gasteiger partial charge in [-0.05, 0) is 40.8 Å². The van der Waals surface area contributed by atoms with Crippen LogP contribution in [0.15, 0.2) is 18.2 Å². The lowest BCUT2D eigenvalue weighted by molar-refractivity contribution is -0.356. The smallest absolute Gasteiger partial charge is 0.438 e. The molecule has 0 fully saturated rings. The van der Waals surface area contributed by atoms with Crippen molar-refractivity contribution >= 4 is 44.6 Å². The van der Waals surface area contributed by atoms with E-state index in [0.717, 1.165) is 12.1 Å². The van der Waals surface area contributed by atoms with Crippen molar-refractivity contribution in [3.05, 3.63) is 27.3 Å². The van der Waals surface area contributed by atoms with Gasteiger partial charge in [0.15, 0.2) is 0 Å². The van der Waals surface area contributed by atoms with Gasteiger partial charge in [0.05, 0.1) is 15.9 Å². The molecule has 0 amide bonds. The average Bonchev–Trinajstić information content (AvgIpc) is 2.50. The fourth-order valence-electron chi connectivity index (χ4n) is 1.88. The van der Waals surface area contributed by atoms with E-state index in [1.54, 1.807) is 22.6 Å². The number of hydrogen-bond acceptors (Lipinski definition) is 7. The maximum absolute atomic E-state index is 13.2. The third-order valence-corrected chi connectivity index (χ3v) is 4.67. The van der Waals surface area contributed by atoms with E-state index in [9.17, 15) is 48.9 Å². The van der Waals surface area contributed by atoms with Crippen molar-refractivity contribution in [3.8, 4) is 5.75 Å². The van der Waals surface area contributed by atoms with Crippen LogP contribution in [-0.2, 0) is 19.6 Å². The molecular formula is C14H10F6IO7S-. The number of alkyl halides is 6. The molecule has 0 N–H and O–H groups in total. The summed E-state index contributed by atoms with van der Waals surface area (Å²) in [6, 6.07) is 2.75. The molecule has 1 rings (SSSR count). The first kappa shape index (κ1) is 25.4. The summed E-state index contributed by atoms with van der Waals surface area (Å²) in [5.41, 5.74) is -6.65. The second-order valence-electron chi connectivity index (χ2n) is 5.38. The highest BCUT2D eigenvalue weighted by Crippen LogP contribution is 2.47. The van der Waals surface area contributed by atoms with Crippen LogP contribution in [0.25, 0.3) is 0 Å². The maximum atomic E-state index is 13.2. The molecule has 1 aromatic rings. The van der Waals surface area contributed by atoms with Gasteiger partial charge in [0.1, 0.15) is 11.3 Å². The van der Waals surface area contributed by atoms with Crippen molar-refractivity contribution in [1.29, 1.82) is 0 Å². The molecule has 0 heterocycles. The molecule has 0 bridgehead atoms. The third-order valence-electron chi connectivity index (χ3n) is 3.24. The Balaban J connectivity index is 3.56. The molecule has 1 aromatic carbocycles. The maximum Gasteiger partial charge on any atom is 0.438 e. The Hall–Kier alpha value is -1.62. The second-order valence-corrected chi connectivity index (χ2v) is 8.03. The Morgan fingerprint density at radius 3 is 2.03 bits per heavy atom. The van der Waals surface area contributed by atoms with Crippen molar-refractivity contribution < 1.29 is 58.4 Å². The van der Waals surface area contributed by atoms with Crippen LogP contribution >= 0.6 is 22.6 Å². The Bertz CT molecular complexity index is 881. The Labute approximate surface area is 173 Å². The number of carbonyl (C=O) groups is 2. The molecule has 164 valence electrons. The van der Waals surface area contributed by atoms with Crippen molar-refractivity contribution in [1.82, 2.24) is 0 Å². The van der Waals surface area contributed by atoms with Crippen LogP contribution in [0.4, 0.5) is 26.3 Å². The fourth-order valence-corrected chi connectivity index (χ4v) is 3.22. The molecule has 0 aliphatic carbocycles. The summed E-state index contributed by atoms with van der Waals surface area (Å²) in [5, 5.41) is 0. The van der Waals surface area contributed by atoms with E-state index < -0.39 is 57.1 Å². The van der Waals surface area contributed by atoms with Crippen LogP contribution in [0.1, 0.15) is 23.7 Å². The van der Waals surface area contributed by atoms with Crippen LogP contribution in [0.3, 0.4) is 0 Å². The topological polar surface area (TPSA) is 110 Å². The van der Waals surface area contributed by atoms with Crippen molar-refractivity contribution in [3.63, 3.8) is 0 Å². The molecule has 0 radical (unpaired) electrons. The minimum Gasteiger partial charge on any atom is -0.748 e. The van der Waals surface area contributed by atoms with E-state index in [-0.39, 0.29) is 9.99 Å². The molecule has 0 aliphatic rings. The number of rotatable bonds is 6. The lowest BCUT2D eigenvalue weighted by atomic mass is 10.1. The summed E-state index contributed by atoms with van der Waals surface area (Å²) >= 11 is 1.65. The van der Waals surface area contributed by atoms with E-state index in [4.69, 9.17) is 4.74 Å². The predicted octanol–water partition coefficient (Wildman–Crippen LogP) is 3.17. The Morgan fingerprint density at radius 2 is 1.62 bits per heavy atom. The van der Waals surface area contributed by atoms with Gasteiger partial charge in [-0.15, -0.1) is 0 Å². The Morgan fingerprint density at radius 1 is 1.10 bits per heavy atom. The molecule has 0 unspecified atom stereocenters. The quantitative estimate of drug-likeness (QED) is 0.172. The largest absolute Gasteiger partial charge is 0.748 e. The van der Waals surface area contributed by atoms with E-state index in [1.807, 2.05) is 0 Å². The molecule has 0 saturated carbocycles. The highest BCUT2D eigenvalue weighted by Gasteiger charge is 2.75. The lowest BCUT2D eigenvalue weighted by Crippen LogP contribution is -2.63. The van der Waals surface area contributed by atoms with Crippen LogP contribution in [0.2, 0.25) is 0 Å². The van der Waals surface area contributed by atoms with E-state index in [2.05, 4.69) is 4.74 Å². The zero-order chi connectivity index (χ0) is 22.8. The monoisotopic (exact) mass is 563 g/mol. The minimum atomic E-state index is -6.51. The normalized spacial score (nSPS) is 13.1. The summed E-state index contributed by atoms with van der Waals surface area (Å²) in [6.45, 7) is 1.33. The van der Waals surface area contributed by atoms with Gasteiger partial charge in [0.25, 0.3) is 0 Å². The van der Waals surface area contributed by atoms with E-state index >= 15 is 0 Å². The number of halogens is 7. The lowest BCUT2D eigenvalue weighted by Gasteiger charge is -2.36. The number of benzene rings is 1. The summed E-state index contributed by atoms with van der Waals surface area (Å²) in [6.07, 6.45) is -13.3. The molecule has 0 spiro atoms. The van der Waals surface area contributed by atoms with Gasteiger partial charge in [0.2, 0.25) is 0 Å². The van der Waals surface area contributed by atoms with Gasteiger partial charge in [-0.2, -0.15) is 26.3 Å². The Kier molecular flexibility index (Phi) is 7.56. The number of hydrogen-bond donors (Lipinski definition) is 0. The SMILES string of the molecule is CCC(=O)Oc1cc(I)ccc1C(=O)OC(CS(=O)(=O)[O-])(C(F)(F)F)C(F)(F)F. The van der Waals surface area contributed by atoms with E-state index in [0.29, 0.717) is 6.07 Å². The first-order chi connectivity index (χ1) is 12.9. The van der Waals surface area contributed by atoms with Gasteiger partial charge >= 0.3 is 29.9 Å². The molecule has 7 nitrogen and oxygen atoms in total. The molecule has 0 atom stereocenters. The zero-order valence-electron chi connectivity index (χ0n) is 14.1. The fraction of sp³-hybridized carbons (Fsp3) is 0.429. The molecule has 0 aromatic heterocycles. The molecule has 0 aliphatic heterocycles. The predicted molar refractivity (Wildman–Crippen MR) is 89.9 cm³/mol. The third kappa shape index (κ3) is 6.18. The van der Waals surface area contributed by atoms with Crippen LogP contribution in [0.5, 0.6) is 5.75 Å². The number of ether oxygens (including phenoxy) is 2. The summed E-state index contributed by atoms with van der Waals surface area (Å²) in [7, 11) is -6.17. The zero-order valence-corrected chi connectivity index (χ0v) is 17.0. The van der Waals surface area contributed by atoms with Crippen LogP contribution in [0, 0.1) is 3.57 Å². The van der Waals surface area contributed by atoms with Crippen LogP contribution < -0.4 is 4.74 Å². The van der Waals surface area contributed by atoms with E-state index in [1.165, 1.54) is 6.92 Å². The highest BCUT2D eigenvalue weighted by molar-refractivity contribution is 14.1. The number of esters is 2. The van der Waals surface area contributed by atoms with Crippen molar-refractivity contribution in [2.75, 3.05) is 5.75 Å². The first-order valence-electron chi connectivity index (χ1n) is 7.24. The van der Waals surface area contributed by atoms with Crippen molar-refractivity contribution in [2.45, 2.75) is 31.3 Å². The molecule has 0 saturated heterocycles. The summed E-state index contributed by atoms with van der Waals surface area (Å²) in [4.78, 5) is 23.5. The van der Waals surface area contributed by atoms with Gasteiger partial charge < -0.3 is 14.0 Å². The van der Waals surface area contributed by atoms with Crippen LogP contribution in [-0.4, -0.2) is 48.6 Å². The first-order valence-corrected chi connectivity index (χ1v) is 9.89. The van der Waals surface area contributed by atoms with Gasteiger partial charge in [-0.1, -0.05) is 6.92 Å². The summed E-state index contributed by atoms with van der Waals surface area (Å²) < 4.78 is 120. The van der Waals surface area contributed by atoms with Gasteiger partial charge in [-0.3, -0.25) is 4.79 Å². The minimum absolute atomic E-state index is 0.247. The molecule has 15 heteroatoms. The molecular weight excluding hydrogens is 553 g/mol. The van der Waals surface area contributed by atoms with Crippen molar-refractivity contribution in [2.24, 2.45) is 0 Å². The molecule has 29 heavy (non-hydrogen) atoms. The highest BCUT2D eigenvalue weighted by atomic mass is 127. The van der Waals surface area contributed by atoms with Gasteiger partial charge in [0, 0.05) is 9.99 Å². The van der Waals surface area contributed by atoms with Gasteiger partial charge in [-0.25, -0.2) is 13.2 Å². The number of carbonyl (C=O) groups excluding carboxylic acids is 2. The second kappa shape index (κ2) is 8.63. The summed E-state index contributed by atoms with van der Waals surface area (Å²) in [5.74, 6) is -7.12. The standard InChI is InChI=1S/C14H11F6IO7S/c1-2-10(22)27-9-5-7(21)3-4-8(9)11(23)28-12(13(15,16)17,14(18,19)20)6-29(24,25)26/h3-5H,2,6H2,1H3,(H,24,25,26)/p-1.